The first-order valence-electron chi connectivity index (χ1n) is 5.74. The molecule has 2 rings (SSSR count). The van der Waals surface area contributed by atoms with Gasteiger partial charge < -0.3 is 10.8 Å². The second kappa shape index (κ2) is 5.12. The molecule has 0 aliphatic heterocycles. The number of nitrogens with two attached hydrogens (primary N) is 1. The van der Waals surface area contributed by atoms with E-state index in [0.29, 0.717) is 0 Å². The van der Waals surface area contributed by atoms with Crippen LogP contribution in [0.15, 0.2) is 42.6 Å². The third-order valence-electron chi connectivity index (χ3n) is 2.88. The van der Waals surface area contributed by atoms with Gasteiger partial charge in [-0.1, -0.05) is 30.3 Å². The van der Waals surface area contributed by atoms with Crippen molar-refractivity contribution in [3.63, 3.8) is 0 Å². The Morgan fingerprint density at radius 1 is 1.29 bits per heavy atom. The van der Waals surface area contributed by atoms with Gasteiger partial charge in [0.15, 0.2) is 0 Å². The molecule has 3 N–H and O–H groups in total. The van der Waals surface area contributed by atoms with Crippen LogP contribution in [0.1, 0.15) is 30.3 Å². The molecule has 17 heavy (non-hydrogen) atoms. The smallest absolute Gasteiger partial charge is 0.115 e. The van der Waals surface area contributed by atoms with Gasteiger partial charge in [-0.25, -0.2) is 0 Å². The van der Waals surface area contributed by atoms with Gasteiger partial charge in [0, 0.05) is 12.7 Å². The molecular weight excluding hydrogens is 214 g/mol. The molecule has 4 nitrogen and oxygen atoms in total. The van der Waals surface area contributed by atoms with Gasteiger partial charge in [-0.15, -0.1) is 0 Å². The maximum Gasteiger partial charge on any atom is 0.115 e. The third kappa shape index (κ3) is 2.38. The predicted octanol–water partition coefficient (Wildman–Crippen LogP) is 1.64. The number of rotatable bonds is 4. The number of hydrogen-bond donors (Lipinski definition) is 2. The lowest BCUT2D eigenvalue weighted by Crippen LogP contribution is -2.22. The number of hydrogen-bond acceptors (Lipinski definition) is 3. The van der Waals surface area contributed by atoms with E-state index >= 15 is 0 Å². The normalized spacial score (nSPS) is 14.5. The van der Waals surface area contributed by atoms with E-state index in [4.69, 9.17) is 5.73 Å². The van der Waals surface area contributed by atoms with E-state index in [9.17, 15) is 5.11 Å². The van der Waals surface area contributed by atoms with Gasteiger partial charge in [0.2, 0.25) is 0 Å². The molecular formula is C13H17N3O. The monoisotopic (exact) mass is 231 g/mol. The molecule has 1 aromatic heterocycles. The van der Waals surface area contributed by atoms with Crippen LogP contribution in [0.3, 0.4) is 0 Å². The average molecular weight is 231 g/mol. The lowest BCUT2D eigenvalue weighted by Gasteiger charge is -2.20. The van der Waals surface area contributed by atoms with Crippen LogP contribution in [-0.2, 0) is 6.54 Å². The summed E-state index contributed by atoms with van der Waals surface area (Å²) in [7, 11) is 0. The molecule has 0 amide bonds. The molecule has 1 heterocycles. The number of benzene rings is 1. The van der Waals surface area contributed by atoms with Gasteiger partial charge in [-0.3, -0.25) is 4.68 Å². The quantitative estimate of drug-likeness (QED) is 0.840. The third-order valence-corrected chi connectivity index (χ3v) is 2.88. The number of nitrogens with zero attached hydrogens (tertiary/aromatic N) is 2. The Labute approximate surface area is 101 Å². The molecule has 0 fully saturated rings. The first kappa shape index (κ1) is 11.8. The molecule has 0 bridgehead atoms. The number of aryl methyl sites for hydroxylation is 1. The van der Waals surface area contributed by atoms with Crippen molar-refractivity contribution < 1.29 is 5.11 Å². The summed E-state index contributed by atoms with van der Waals surface area (Å²) in [4.78, 5) is 0. The Morgan fingerprint density at radius 3 is 2.65 bits per heavy atom. The van der Waals surface area contributed by atoms with Gasteiger partial charge in [0.25, 0.3) is 0 Å². The minimum Gasteiger partial charge on any atom is -0.385 e. The van der Waals surface area contributed by atoms with Crippen molar-refractivity contribution >= 4 is 0 Å². The van der Waals surface area contributed by atoms with Crippen molar-refractivity contribution in [1.29, 1.82) is 0 Å². The van der Waals surface area contributed by atoms with Gasteiger partial charge in [0.1, 0.15) is 6.10 Å². The summed E-state index contributed by atoms with van der Waals surface area (Å²) in [5.41, 5.74) is 7.74. The highest BCUT2D eigenvalue weighted by Crippen LogP contribution is 2.26. The summed E-state index contributed by atoms with van der Waals surface area (Å²) in [5, 5.41) is 14.4. The van der Waals surface area contributed by atoms with E-state index in [2.05, 4.69) is 5.10 Å². The lowest BCUT2D eigenvalue weighted by molar-refractivity contribution is 0.136. The molecule has 0 aliphatic rings. The van der Waals surface area contributed by atoms with Crippen molar-refractivity contribution in [3.05, 3.63) is 53.9 Å². The number of aromatic nitrogens is 2. The molecule has 0 radical (unpaired) electrons. The summed E-state index contributed by atoms with van der Waals surface area (Å²) >= 11 is 0. The first-order chi connectivity index (χ1) is 8.24. The average Bonchev–Trinajstić information content (AvgIpc) is 2.86. The van der Waals surface area contributed by atoms with E-state index in [0.717, 1.165) is 17.8 Å². The van der Waals surface area contributed by atoms with Crippen molar-refractivity contribution in [3.8, 4) is 0 Å². The predicted molar refractivity (Wildman–Crippen MR) is 66.2 cm³/mol. The van der Waals surface area contributed by atoms with Gasteiger partial charge >= 0.3 is 0 Å². The summed E-state index contributed by atoms with van der Waals surface area (Å²) in [6, 6.07) is 11.0. The Bertz CT molecular complexity index is 467. The Kier molecular flexibility index (Phi) is 3.56. The number of aliphatic hydroxyl groups excluding tert-OH is 1. The van der Waals surface area contributed by atoms with E-state index in [1.165, 1.54) is 0 Å². The van der Waals surface area contributed by atoms with Crippen molar-refractivity contribution in [2.45, 2.75) is 25.6 Å². The molecule has 90 valence electrons. The summed E-state index contributed by atoms with van der Waals surface area (Å²) in [6.07, 6.45) is 0.944. The van der Waals surface area contributed by atoms with Crippen LogP contribution in [0.2, 0.25) is 0 Å². The molecule has 0 saturated heterocycles. The molecule has 2 aromatic rings. The molecule has 0 aliphatic carbocycles. The molecule has 2 unspecified atom stereocenters. The van der Waals surface area contributed by atoms with Gasteiger partial charge in [0.05, 0.1) is 11.7 Å². The zero-order valence-electron chi connectivity index (χ0n) is 9.82. The summed E-state index contributed by atoms with van der Waals surface area (Å²) < 4.78 is 1.76. The standard InChI is InChI=1S/C13H17N3O/c1-2-16-11(8-9-15-16)13(17)12(14)10-6-4-3-5-7-10/h3-9,12-13,17H,2,14H2,1H3. The maximum atomic E-state index is 10.3. The molecule has 1 aromatic carbocycles. The van der Waals surface area contributed by atoms with Gasteiger partial charge in [-0.05, 0) is 18.6 Å². The highest BCUT2D eigenvalue weighted by atomic mass is 16.3. The van der Waals surface area contributed by atoms with Crippen LogP contribution in [0.25, 0.3) is 0 Å². The van der Waals surface area contributed by atoms with Crippen LogP contribution in [0.4, 0.5) is 0 Å². The fourth-order valence-corrected chi connectivity index (χ4v) is 1.90. The Hall–Kier alpha value is -1.65. The highest BCUT2D eigenvalue weighted by molar-refractivity contribution is 5.22. The minimum atomic E-state index is -0.736. The second-order valence-corrected chi connectivity index (χ2v) is 3.95. The van der Waals surface area contributed by atoms with Gasteiger partial charge in [-0.2, -0.15) is 5.10 Å². The van der Waals surface area contributed by atoms with Crippen molar-refractivity contribution in [1.82, 2.24) is 9.78 Å². The summed E-state index contributed by atoms with van der Waals surface area (Å²) in [6.45, 7) is 2.71. The van der Waals surface area contributed by atoms with E-state index in [1.807, 2.05) is 37.3 Å². The van der Waals surface area contributed by atoms with Crippen LogP contribution in [-0.4, -0.2) is 14.9 Å². The topological polar surface area (TPSA) is 64.1 Å². The largest absolute Gasteiger partial charge is 0.385 e. The zero-order valence-corrected chi connectivity index (χ0v) is 9.82. The van der Waals surface area contributed by atoms with E-state index in [-0.39, 0.29) is 0 Å². The maximum absolute atomic E-state index is 10.3. The molecule has 0 spiro atoms. The Balaban J connectivity index is 2.23. The van der Waals surface area contributed by atoms with Crippen LogP contribution >= 0.6 is 0 Å². The molecule has 0 saturated carbocycles. The van der Waals surface area contributed by atoms with Crippen molar-refractivity contribution in [2.75, 3.05) is 0 Å². The first-order valence-corrected chi connectivity index (χ1v) is 5.74. The van der Waals surface area contributed by atoms with E-state index in [1.54, 1.807) is 16.9 Å². The van der Waals surface area contributed by atoms with Crippen LogP contribution < -0.4 is 5.73 Å². The fraction of sp³-hybridized carbons (Fsp3) is 0.308. The second-order valence-electron chi connectivity index (χ2n) is 3.95. The van der Waals surface area contributed by atoms with Crippen LogP contribution in [0, 0.1) is 0 Å². The summed E-state index contributed by atoms with van der Waals surface area (Å²) in [5.74, 6) is 0. The molecule has 4 heteroatoms. The highest BCUT2D eigenvalue weighted by Gasteiger charge is 2.21. The molecule has 2 atom stereocenters. The minimum absolute atomic E-state index is 0.432. The number of aliphatic hydroxyl groups is 1. The lowest BCUT2D eigenvalue weighted by atomic mass is 10.0. The van der Waals surface area contributed by atoms with E-state index < -0.39 is 12.1 Å². The van der Waals surface area contributed by atoms with Crippen molar-refractivity contribution in [2.24, 2.45) is 5.73 Å². The van der Waals surface area contributed by atoms with Crippen LogP contribution in [0.5, 0.6) is 0 Å². The fourth-order valence-electron chi connectivity index (χ4n) is 1.90. The SMILES string of the molecule is CCn1nccc1C(O)C(N)c1ccccc1. The zero-order chi connectivity index (χ0) is 12.3. The Morgan fingerprint density at radius 2 is 2.00 bits per heavy atom.